The van der Waals surface area contributed by atoms with Gasteiger partial charge in [-0.3, -0.25) is 0 Å². The number of fused-ring (bicyclic) bond motifs is 4. The standard InChI is InChI=1S/C39H72O11Si4/c1-42-52(26-40,18-15-30-7-11-35-38(23-30)46-35)48-51(4,17-13-29-6-10-34-37(22-29)45-34)49-54(44-3,20-16-31-8-12-36-39(24-31)47-36)50-53(27-41,43-2)19-14-28-5-9-32-25-33(32)21-28/h28-41H,5-27H2,1-4H3. The molecule has 16 atom stereocenters. The average Bonchev–Trinajstić information content (AvgIpc) is 4.01. The van der Waals surface area contributed by atoms with Gasteiger partial charge in [0.1, 0.15) is 0 Å². The predicted molar refractivity (Wildman–Crippen MR) is 212 cm³/mol. The van der Waals surface area contributed by atoms with Gasteiger partial charge in [-0.05, 0) is 163 Å². The summed E-state index contributed by atoms with van der Waals surface area (Å²) in [6, 6.07) is 2.87. The van der Waals surface area contributed by atoms with Gasteiger partial charge in [-0.25, -0.2) is 0 Å². The first-order valence-corrected chi connectivity index (χ1v) is 31.0. The zero-order chi connectivity index (χ0) is 37.6. The maximum Gasteiger partial charge on any atom is 0.482 e. The van der Waals surface area contributed by atoms with Crippen LogP contribution in [0.1, 0.15) is 109 Å². The zero-order valence-corrected chi connectivity index (χ0v) is 37.8. The van der Waals surface area contributed by atoms with Crippen LogP contribution in [0.3, 0.4) is 0 Å². The van der Waals surface area contributed by atoms with Gasteiger partial charge in [0.2, 0.25) is 0 Å². The van der Waals surface area contributed by atoms with Crippen LogP contribution in [-0.2, 0) is 39.8 Å². The second kappa shape index (κ2) is 17.2. The van der Waals surface area contributed by atoms with Crippen LogP contribution in [0.15, 0.2) is 0 Å². The Labute approximate surface area is 329 Å². The van der Waals surface area contributed by atoms with Crippen molar-refractivity contribution in [2.45, 2.75) is 177 Å². The highest BCUT2D eigenvalue weighted by atomic mass is 28.5. The molecule has 0 bridgehead atoms. The van der Waals surface area contributed by atoms with E-state index in [4.69, 9.17) is 39.8 Å². The lowest BCUT2D eigenvalue weighted by Crippen LogP contribution is -2.65. The molecule has 0 spiro atoms. The minimum Gasteiger partial charge on any atom is -0.414 e. The Bertz CT molecular complexity index is 1250. The molecule has 15 heteroatoms. The molecule has 0 amide bonds. The topological polar surface area (TPSA) is 133 Å². The SMILES string of the molecule is CO[Si](CO)(CCC1CCC2OC2C1)O[Si](C)(CCC1CCC2OC2C1)O[Si](CCC1CCC2OC2C1)(OC)O[Si](CO)(CCC1CCC2CC2C1)OC. The van der Waals surface area contributed by atoms with Crippen molar-refractivity contribution >= 4 is 34.5 Å². The second-order valence-corrected chi connectivity index (χ2v) is 32.7. The summed E-state index contributed by atoms with van der Waals surface area (Å²) in [7, 11) is -7.74. The van der Waals surface area contributed by atoms with Gasteiger partial charge in [0.15, 0.2) is 0 Å². The zero-order valence-electron chi connectivity index (χ0n) is 33.8. The third-order valence-electron chi connectivity index (χ3n) is 15.4. The molecule has 3 heterocycles. The molecule has 5 aliphatic carbocycles. The Morgan fingerprint density at radius 1 is 0.463 bits per heavy atom. The Kier molecular flexibility index (Phi) is 13.1. The fraction of sp³-hybridized carbons (Fsp3) is 1.00. The molecule has 0 aromatic carbocycles. The lowest BCUT2D eigenvalue weighted by Gasteiger charge is -2.45. The Morgan fingerprint density at radius 2 is 0.926 bits per heavy atom. The maximum atomic E-state index is 11.2. The molecule has 16 unspecified atom stereocenters. The van der Waals surface area contributed by atoms with Crippen LogP contribution in [0, 0.1) is 35.5 Å². The van der Waals surface area contributed by atoms with Crippen molar-refractivity contribution in [2.24, 2.45) is 35.5 Å². The molecule has 5 saturated carbocycles. The number of hydrogen-bond acceptors (Lipinski definition) is 11. The first kappa shape index (κ1) is 41.2. The molecule has 11 nitrogen and oxygen atoms in total. The van der Waals surface area contributed by atoms with Gasteiger partial charge in [-0.1, -0.05) is 6.42 Å². The smallest absolute Gasteiger partial charge is 0.414 e. The fourth-order valence-electron chi connectivity index (χ4n) is 11.3. The summed E-state index contributed by atoms with van der Waals surface area (Å²) in [5.41, 5.74) is 0. The minimum absolute atomic E-state index is 0.116. The number of epoxide rings is 3. The number of hydrogen-bond donors (Lipinski definition) is 2. The molecule has 54 heavy (non-hydrogen) atoms. The van der Waals surface area contributed by atoms with E-state index in [-0.39, 0.29) is 12.5 Å². The molecule has 310 valence electrons. The molecule has 8 rings (SSSR count). The molecule has 0 aromatic rings. The summed E-state index contributed by atoms with van der Waals surface area (Å²) in [6.07, 6.45) is 21.6. The largest absolute Gasteiger partial charge is 0.482 e. The molecular formula is C39H72O11Si4. The Balaban J connectivity index is 1.03. The van der Waals surface area contributed by atoms with Gasteiger partial charge in [0, 0.05) is 27.4 Å². The van der Waals surface area contributed by atoms with Crippen LogP contribution >= 0.6 is 0 Å². The first-order chi connectivity index (χ1) is 26.1. The van der Waals surface area contributed by atoms with Crippen molar-refractivity contribution < 1.29 is 50.0 Å². The van der Waals surface area contributed by atoms with Crippen molar-refractivity contribution in [1.29, 1.82) is 0 Å². The van der Waals surface area contributed by atoms with Crippen molar-refractivity contribution in [1.82, 2.24) is 0 Å². The summed E-state index contributed by atoms with van der Waals surface area (Å²) in [4.78, 5) is 0. The van der Waals surface area contributed by atoms with Crippen LogP contribution < -0.4 is 0 Å². The minimum atomic E-state index is -3.53. The van der Waals surface area contributed by atoms with E-state index in [1.807, 2.05) is 0 Å². The summed E-state index contributed by atoms with van der Waals surface area (Å²) < 4.78 is 59.4. The highest BCUT2D eigenvalue weighted by Crippen LogP contribution is 2.53. The van der Waals surface area contributed by atoms with Crippen LogP contribution in [0.5, 0.6) is 0 Å². The molecule has 0 aromatic heterocycles. The van der Waals surface area contributed by atoms with Crippen molar-refractivity contribution in [3.05, 3.63) is 0 Å². The van der Waals surface area contributed by atoms with Crippen molar-refractivity contribution in [2.75, 3.05) is 33.8 Å². The van der Waals surface area contributed by atoms with Gasteiger partial charge >= 0.3 is 34.5 Å². The predicted octanol–water partition coefficient (Wildman–Crippen LogP) is 6.63. The van der Waals surface area contributed by atoms with E-state index in [0.717, 1.165) is 113 Å². The van der Waals surface area contributed by atoms with Gasteiger partial charge in [0.25, 0.3) is 0 Å². The highest BCUT2D eigenvalue weighted by Gasteiger charge is 2.58. The van der Waals surface area contributed by atoms with E-state index in [9.17, 15) is 10.2 Å². The first-order valence-electron chi connectivity index (χ1n) is 22.0. The molecule has 2 N–H and O–H groups in total. The summed E-state index contributed by atoms with van der Waals surface area (Å²) in [5, 5.41) is 22.3. The second-order valence-electron chi connectivity index (χ2n) is 19.1. The highest BCUT2D eigenvalue weighted by molar-refractivity contribution is 6.87. The fourth-order valence-corrected chi connectivity index (χ4v) is 29.3. The Morgan fingerprint density at radius 3 is 1.39 bits per heavy atom. The van der Waals surface area contributed by atoms with Crippen molar-refractivity contribution in [3.63, 3.8) is 0 Å². The third kappa shape index (κ3) is 10.1. The molecule has 8 aliphatic rings. The van der Waals surface area contributed by atoms with Crippen LogP contribution in [0.4, 0.5) is 0 Å². The molecular weight excluding hydrogens is 757 g/mol. The number of rotatable bonds is 23. The van der Waals surface area contributed by atoms with Gasteiger partial charge in [-0.2, -0.15) is 0 Å². The molecule has 3 aliphatic heterocycles. The lowest BCUT2D eigenvalue weighted by atomic mass is 9.87. The molecule has 0 radical (unpaired) electrons. The average molecular weight is 829 g/mol. The van der Waals surface area contributed by atoms with E-state index >= 15 is 0 Å². The van der Waals surface area contributed by atoms with Crippen LogP contribution in [-0.4, -0.2) is 115 Å². The number of aliphatic hydroxyl groups is 2. The molecule has 3 saturated heterocycles. The summed E-state index contributed by atoms with van der Waals surface area (Å²) in [5.74, 6) is 4.14. The summed E-state index contributed by atoms with van der Waals surface area (Å²) in [6.45, 7) is 2.18. The van der Waals surface area contributed by atoms with E-state index in [0.29, 0.717) is 66.3 Å². The number of ether oxygens (including phenoxy) is 3. The normalized spacial score (nSPS) is 42.1. The van der Waals surface area contributed by atoms with Gasteiger partial charge in [0.05, 0.1) is 49.1 Å². The van der Waals surface area contributed by atoms with E-state index in [2.05, 4.69) is 6.55 Å². The van der Waals surface area contributed by atoms with Gasteiger partial charge < -0.3 is 50.0 Å². The van der Waals surface area contributed by atoms with E-state index in [1.54, 1.807) is 21.3 Å². The molecule has 8 fully saturated rings. The Hall–Kier alpha value is 0.428. The monoisotopic (exact) mass is 828 g/mol. The number of aliphatic hydroxyl groups excluding tert-OH is 2. The van der Waals surface area contributed by atoms with Crippen LogP contribution in [0.25, 0.3) is 0 Å². The van der Waals surface area contributed by atoms with Crippen LogP contribution in [0.2, 0.25) is 30.7 Å². The summed E-state index contributed by atoms with van der Waals surface area (Å²) >= 11 is 0. The van der Waals surface area contributed by atoms with Crippen molar-refractivity contribution in [3.8, 4) is 0 Å². The van der Waals surface area contributed by atoms with E-state index < -0.39 is 34.5 Å². The lowest BCUT2D eigenvalue weighted by molar-refractivity contribution is 0.127. The van der Waals surface area contributed by atoms with Gasteiger partial charge in [-0.15, -0.1) is 0 Å². The van der Waals surface area contributed by atoms with E-state index in [1.165, 1.54) is 25.7 Å². The third-order valence-corrected chi connectivity index (χ3v) is 31.6. The maximum absolute atomic E-state index is 11.2. The quantitative estimate of drug-likeness (QED) is 0.0850.